The van der Waals surface area contributed by atoms with E-state index in [1.807, 2.05) is 4.90 Å². The van der Waals surface area contributed by atoms with Crippen molar-refractivity contribution in [1.29, 1.82) is 0 Å². The minimum atomic E-state index is -0.847. The molecule has 1 aromatic carbocycles. The van der Waals surface area contributed by atoms with Crippen molar-refractivity contribution in [3.8, 4) is 0 Å². The van der Waals surface area contributed by atoms with Gasteiger partial charge in [-0.1, -0.05) is 0 Å². The summed E-state index contributed by atoms with van der Waals surface area (Å²) in [5, 5.41) is 8.88. The number of carboxylic acids is 1. The van der Waals surface area contributed by atoms with E-state index in [1.165, 1.54) is 18.2 Å². The molecule has 8 heteroatoms. The van der Waals surface area contributed by atoms with Crippen molar-refractivity contribution in [3.05, 3.63) is 34.1 Å². The Kier molecular flexibility index (Phi) is 8.12. The largest absolute Gasteiger partial charge is 0.480 e. The molecule has 1 aliphatic heterocycles. The van der Waals surface area contributed by atoms with Crippen LogP contribution >= 0.6 is 28.3 Å². The summed E-state index contributed by atoms with van der Waals surface area (Å²) in [6, 6.07) is 4.20. The minimum absolute atomic E-state index is 0. The zero-order valence-corrected chi connectivity index (χ0v) is 15.8. The topological polar surface area (TPSA) is 60.9 Å². The molecule has 2 rings (SSSR count). The lowest BCUT2D eigenvalue weighted by Crippen LogP contribution is -2.37. The van der Waals surface area contributed by atoms with Gasteiger partial charge in [0.1, 0.15) is 5.82 Å². The number of hydrogen-bond acceptors (Lipinski definition) is 3. The molecular weight excluding hydrogens is 403 g/mol. The number of aliphatic carboxylic acids is 1. The van der Waals surface area contributed by atoms with Crippen molar-refractivity contribution >= 4 is 40.2 Å². The Morgan fingerprint density at radius 2 is 2.08 bits per heavy atom. The fraction of sp³-hybridized carbons (Fsp3) is 0.500. The molecule has 1 atom stereocenters. The number of rotatable bonds is 4. The van der Waals surface area contributed by atoms with Gasteiger partial charge in [-0.3, -0.25) is 14.5 Å². The third-order valence-electron chi connectivity index (χ3n) is 4.15. The van der Waals surface area contributed by atoms with E-state index in [-0.39, 0.29) is 36.7 Å². The highest BCUT2D eigenvalue weighted by molar-refractivity contribution is 9.10. The minimum Gasteiger partial charge on any atom is -0.480 e. The van der Waals surface area contributed by atoms with Crippen molar-refractivity contribution in [1.82, 2.24) is 9.80 Å². The summed E-state index contributed by atoms with van der Waals surface area (Å²) in [6.07, 6.45) is 2.41. The summed E-state index contributed by atoms with van der Waals surface area (Å²) in [6.45, 7) is 1.19. The molecule has 1 aliphatic rings. The normalized spacial score (nSPS) is 18.0. The predicted molar refractivity (Wildman–Crippen MR) is 95.2 cm³/mol. The van der Waals surface area contributed by atoms with Crippen LogP contribution in [0.2, 0.25) is 0 Å². The quantitative estimate of drug-likeness (QED) is 0.809. The van der Waals surface area contributed by atoms with E-state index in [0.29, 0.717) is 23.1 Å². The number of nitrogens with zero attached hydrogens (tertiary/aromatic N) is 2. The standard InChI is InChI=1S/C16H20BrFN2O3.ClH/c1-19(10-15(21)22)12-3-2-7-20(8-6-12)16(23)13-5-4-11(18)9-14(13)17;/h4-5,9,12H,2-3,6-8,10H2,1H3,(H,21,22);1H. The van der Waals surface area contributed by atoms with E-state index >= 15 is 0 Å². The van der Waals surface area contributed by atoms with E-state index < -0.39 is 5.97 Å². The van der Waals surface area contributed by atoms with E-state index in [4.69, 9.17) is 5.11 Å². The van der Waals surface area contributed by atoms with E-state index in [9.17, 15) is 14.0 Å². The number of amides is 1. The van der Waals surface area contributed by atoms with Crippen LogP contribution in [0, 0.1) is 5.82 Å². The molecule has 0 spiro atoms. The molecule has 1 N–H and O–H groups in total. The summed E-state index contributed by atoms with van der Waals surface area (Å²) in [7, 11) is 1.80. The van der Waals surface area contributed by atoms with Crippen LogP contribution in [0.3, 0.4) is 0 Å². The van der Waals surface area contributed by atoms with Gasteiger partial charge in [-0.25, -0.2) is 4.39 Å². The van der Waals surface area contributed by atoms with E-state index in [1.54, 1.807) is 11.9 Å². The molecule has 0 bridgehead atoms. The highest BCUT2D eigenvalue weighted by atomic mass is 79.9. The number of halogens is 3. The molecule has 1 aromatic rings. The molecular formula is C16H21BrClFN2O3. The lowest BCUT2D eigenvalue weighted by molar-refractivity contribution is -0.138. The molecule has 24 heavy (non-hydrogen) atoms. The average molecular weight is 424 g/mol. The SMILES string of the molecule is CN(CC(=O)O)C1CCCN(C(=O)c2ccc(F)cc2Br)CC1.Cl. The Morgan fingerprint density at radius 3 is 2.71 bits per heavy atom. The van der Waals surface area contributed by atoms with Crippen molar-refractivity contribution in [2.24, 2.45) is 0 Å². The van der Waals surface area contributed by atoms with Crippen LogP contribution in [0.1, 0.15) is 29.6 Å². The predicted octanol–water partition coefficient (Wildman–Crippen LogP) is 3.02. The van der Waals surface area contributed by atoms with Crippen LogP contribution < -0.4 is 0 Å². The molecule has 1 fully saturated rings. The molecule has 1 saturated heterocycles. The first-order chi connectivity index (χ1) is 10.9. The van der Waals surface area contributed by atoms with Crippen molar-refractivity contribution in [2.75, 3.05) is 26.7 Å². The second-order valence-electron chi connectivity index (χ2n) is 5.81. The van der Waals surface area contributed by atoms with Gasteiger partial charge < -0.3 is 10.0 Å². The summed E-state index contributed by atoms with van der Waals surface area (Å²) in [4.78, 5) is 27.0. The number of likely N-dealkylation sites (N-methyl/N-ethyl adjacent to an activating group) is 1. The van der Waals surface area contributed by atoms with Crippen LogP contribution in [0.4, 0.5) is 4.39 Å². The van der Waals surface area contributed by atoms with Crippen molar-refractivity contribution in [3.63, 3.8) is 0 Å². The Hall–Kier alpha value is -1.18. The second kappa shape index (κ2) is 9.34. The molecule has 0 aromatic heterocycles. The molecule has 134 valence electrons. The Labute approximate surface area is 155 Å². The highest BCUT2D eigenvalue weighted by Crippen LogP contribution is 2.22. The van der Waals surface area contributed by atoms with Gasteiger partial charge in [0.2, 0.25) is 0 Å². The Bertz CT molecular complexity index is 603. The summed E-state index contributed by atoms with van der Waals surface area (Å²) in [5.74, 6) is -1.36. The lowest BCUT2D eigenvalue weighted by Gasteiger charge is -2.25. The Balaban J connectivity index is 0.00000288. The van der Waals surface area contributed by atoms with Gasteiger partial charge in [-0.05, 0) is 60.4 Å². The summed E-state index contributed by atoms with van der Waals surface area (Å²) < 4.78 is 13.6. The molecule has 0 aliphatic carbocycles. The van der Waals surface area contributed by atoms with Crippen molar-refractivity contribution in [2.45, 2.75) is 25.3 Å². The number of carboxylic acid groups (broad SMARTS) is 1. The van der Waals surface area contributed by atoms with Gasteiger partial charge in [0.05, 0.1) is 12.1 Å². The van der Waals surface area contributed by atoms with E-state index in [2.05, 4.69) is 15.9 Å². The highest BCUT2D eigenvalue weighted by Gasteiger charge is 2.25. The van der Waals surface area contributed by atoms with Crippen LogP contribution in [0.15, 0.2) is 22.7 Å². The summed E-state index contributed by atoms with van der Waals surface area (Å²) in [5.41, 5.74) is 0.448. The molecule has 5 nitrogen and oxygen atoms in total. The lowest BCUT2D eigenvalue weighted by atomic mass is 10.1. The fourth-order valence-corrected chi connectivity index (χ4v) is 3.42. The number of benzene rings is 1. The van der Waals surface area contributed by atoms with Gasteiger partial charge in [0, 0.05) is 23.6 Å². The summed E-state index contributed by atoms with van der Waals surface area (Å²) >= 11 is 3.24. The fourth-order valence-electron chi connectivity index (χ4n) is 2.90. The maximum Gasteiger partial charge on any atom is 0.317 e. The Morgan fingerprint density at radius 1 is 1.38 bits per heavy atom. The third-order valence-corrected chi connectivity index (χ3v) is 4.81. The first kappa shape index (κ1) is 20.9. The average Bonchev–Trinajstić information content (AvgIpc) is 2.71. The molecule has 0 saturated carbocycles. The third kappa shape index (κ3) is 5.43. The van der Waals surface area contributed by atoms with Crippen LogP contribution in [0.25, 0.3) is 0 Å². The first-order valence-electron chi connectivity index (χ1n) is 7.55. The first-order valence-corrected chi connectivity index (χ1v) is 8.34. The maximum absolute atomic E-state index is 13.2. The molecule has 1 heterocycles. The maximum atomic E-state index is 13.2. The van der Waals surface area contributed by atoms with Gasteiger partial charge in [-0.2, -0.15) is 0 Å². The van der Waals surface area contributed by atoms with Gasteiger partial charge in [-0.15, -0.1) is 12.4 Å². The smallest absolute Gasteiger partial charge is 0.317 e. The van der Waals surface area contributed by atoms with Crippen LogP contribution in [-0.4, -0.2) is 59.5 Å². The van der Waals surface area contributed by atoms with Gasteiger partial charge in [0.15, 0.2) is 0 Å². The van der Waals surface area contributed by atoms with Crippen LogP contribution in [0.5, 0.6) is 0 Å². The zero-order chi connectivity index (χ0) is 17.0. The van der Waals surface area contributed by atoms with Gasteiger partial charge >= 0.3 is 5.97 Å². The van der Waals surface area contributed by atoms with Crippen molar-refractivity contribution < 1.29 is 19.1 Å². The molecule has 1 unspecified atom stereocenters. The monoisotopic (exact) mass is 422 g/mol. The zero-order valence-electron chi connectivity index (χ0n) is 13.4. The van der Waals surface area contributed by atoms with E-state index in [0.717, 1.165) is 19.3 Å². The second-order valence-corrected chi connectivity index (χ2v) is 6.66. The number of likely N-dealkylation sites (tertiary alicyclic amines) is 1. The van der Waals surface area contributed by atoms with Crippen LogP contribution in [-0.2, 0) is 4.79 Å². The van der Waals surface area contributed by atoms with Gasteiger partial charge in [0.25, 0.3) is 5.91 Å². The molecule has 0 radical (unpaired) electrons. The number of carbonyl (C=O) groups excluding carboxylic acids is 1. The number of hydrogen-bond donors (Lipinski definition) is 1. The number of carbonyl (C=O) groups is 2. The molecule has 1 amide bonds.